The number of likely N-dealkylation sites (N-methyl/N-ethyl adjacent to an activating group) is 1. The van der Waals surface area contributed by atoms with E-state index in [1.807, 2.05) is 7.05 Å². The minimum absolute atomic E-state index is 0. The van der Waals surface area contributed by atoms with Crippen molar-refractivity contribution in [3.8, 4) is 0 Å². The Bertz CT molecular complexity index is 517. The van der Waals surface area contributed by atoms with Crippen molar-refractivity contribution in [3.05, 3.63) is 24.0 Å². The third kappa shape index (κ3) is 5.12. The van der Waals surface area contributed by atoms with E-state index in [1.54, 1.807) is 0 Å². The van der Waals surface area contributed by atoms with Gasteiger partial charge in [0.15, 0.2) is 5.96 Å². The van der Waals surface area contributed by atoms with Crippen LogP contribution in [0, 0.1) is 0 Å². The average Bonchev–Trinajstić information content (AvgIpc) is 2.93. The summed E-state index contributed by atoms with van der Waals surface area (Å²) in [5, 5.41) is 3.62. The molecule has 1 aromatic rings. The monoisotopic (exact) mass is 447 g/mol. The maximum absolute atomic E-state index is 4.48. The third-order valence-electron chi connectivity index (χ3n) is 5.33. The summed E-state index contributed by atoms with van der Waals surface area (Å²) in [5.41, 5.74) is 1.55. The fourth-order valence-electron chi connectivity index (χ4n) is 3.60. The smallest absolute Gasteiger partial charge is 0.193 e. The summed E-state index contributed by atoms with van der Waals surface area (Å²) < 4.78 is 2.16. The van der Waals surface area contributed by atoms with Gasteiger partial charge in [0.2, 0.25) is 0 Å². The Morgan fingerprint density at radius 2 is 1.92 bits per heavy atom. The molecule has 0 radical (unpaired) electrons. The van der Waals surface area contributed by atoms with Gasteiger partial charge in [-0.05, 0) is 39.1 Å². The zero-order valence-corrected chi connectivity index (χ0v) is 18.2. The Balaban J connectivity index is 0.00000288. The molecule has 0 unspecified atom stereocenters. The molecule has 1 aromatic heterocycles. The molecule has 0 spiro atoms. The van der Waals surface area contributed by atoms with Gasteiger partial charge < -0.3 is 19.7 Å². The summed E-state index contributed by atoms with van der Waals surface area (Å²) >= 11 is 0. The van der Waals surface area contributed by atoms with E-state index in [9.17, 15) is 0 Å². The van der Waals surface area contributed by atoms with E-state index in [0.29, 0.717) is 0 Å². The molecule has 0 aromatic carbocycles. The fourth-order valence-corrected chi connectivity index (χ4v) is 3.60. The Kier molecular flexibility index (Phi) is 8.56. The Hall–Kier alpha value is -0.760. The lowest BCUT2D eigenvalue weighted by molar-refractivity contribution is 0.103. The van der Waals surface area contributed by atoms with Crippen molar-refractivity contribution in [2.75, 3.05) is 34.7 Å². The SMILES string of the molecule is CN=C(NCC1(N(C)C)CCCCC1)N(C)Cc1cccn1C.I. The molecule has 6 heteroatoms. The van der Waals surface area contributed by atoms with Gasteiger partial charge in [0.05, 0.1) is 6.54 Å². The number of hydrogen-bond donors (Lipinski definition) is 1. The van der Waals surface area contributed by atoms with Crippen LogP contribution in [0.2, 0.25) is 0 Å². The normalized spacial score (nSPS) is 17.5. The number of nitrogens with zero attached hydrogens (tertiary/aromatic N) is 4. The van der Waals surface area contributed by atoms with Gasteiger partial charge in [-0.15, -0.1) is 24.0 Å². The number of halogens is 1. The van der Waals surface area contributed by atoms with Crippen molar-refractivity contribution in [2.24, 2.45) is 12.0 Å². The van der Waals surface area contributed by atoms with Gasteiger partial charge in [0.1, 0.15) is 0 Å². The van der Waals surface area contributed by atoms with Gasteiger partial charge in [-0.1, -0.05) is 19.3 Å². The predicted octanol–water partition coefficient (Wildman–Crippen LogP) is 2.91. The zero-order valence-electron chi connectivity index (χ0n) is 15.9. The van der Waals surface area contributed by atoms with Crippen molar-refractivity contribution >= 4 is 29.9 Å². The summed E-state index contributed by atoms with van der Waals surface area (Å²) in [4.78, 5) is 9.08. The Labute approximate surface area is 164 Å². The van der Waals surface area contributed by atoms with E-state index >= 15 is 0 Å². The molecule has 1 saturated carbocycles. The first-order chi connectivity index (χ1) is 11.0. The minimum Gasteiger partial charge on any atom is -0.354 e. The van der Waals surface area contributed by atoms with Crippen LogP contribution < -0.4 is 5.32 Å². The first kappa shape index (κ1) is 21.3. The van der Waals surface area contributed by atoms with Gasteiger partial charge in [0.25, 0.3) is 0 Å². The van der Waals surface area contributed by atoms with Crippen LogP contribution in [0.5, 0.6) is 0 Å². The molecule has 0 atom stereocenters. The van der Waals surface area contributed by atoms with Gasteiger partial charge in [-0.2, -0.15) is 0 Å². The van der Waals surface area contributed by atoms with Crippen molar-refractivity contribution in [1.82, 2.24) is 19.7 Å². The van der Waals surface area contributed by atoms with Crippen molar-refractivity contribution in [2.45, 2.75) is 44.2 Å². The molecule has 5 nitrogen and oxygen atoms in total. The molecular formula is C18H34IN5. The lowest BCUT2D eigenvalue weighted by atomic mass is 9.80. The van der Waals surface area contributed by atoms with Crippen LogP contribution in [0.3, 0.4) is 0 Å². The first-order valence-electron chi connectivity index (χ1n) is 8.68. The summed E-state index contributed by atoms with van der Waals surface area (Å²) in [6.45, 7) is 1.82. The average molecular weight is 447 g/mol. The molecule has 2 rings (SSSR count). The molecule has 24 heavy (non-hydrogen) atoms. The third-order valence-corrected chi connectivity index (χ3v) is 5.33. The number of rotatable bonds is 5. The van der Waals surface area contributed by atoms with E-state index in [2.05, 4.69) is 71.2 Å². The summed E-state index contributed by atoms with van der Waals surface area (Å²) in [6.07, 6.45) is 8.66. The lowest BCUT2D eigenvalue weighted by Gasteiger charge is -2.43. The van der Waals surface area contributed by atoms with Crippen LogP contribution in [0.25, 0.3) is 0 Å². The lowest BCUT2D eigenvalue weighted by Crippen LogP contribution is -2.55. The second-order valence-corrected chi connectivity index (χ2v) is 7.05. The van der Waals surface area contributed by atoms with Crippen LogP contribution in [0.1, 0.15) is 37.8 Å². The van der Waals surface area contributed by atoms with Gasteiger partial charge in [-0.3, -0.25) is 4.99 Å². The summed E-state index contributed by atoms with van der Waals surface area (Å²) in [5.74, 6) is 0.970. The summed E-state index contributed by atoms with van der Waals surface area (Å²) in [7, 11) is 10.5. The molecule has 0 aliphatic heterocycles. The van der Waals surface area contributed by atoms with Crippen LogP contribution in [-0.4, -0.2) is 60.6 Å². The van der Waals surface area contributed by atoms with Crippen molar-refractivity contribution in [3.63, 3.8) is 0 Å². The Morgan fingerprint density at radius 1 is 1.25 bits per heavy atom. The van der Waals surface area contributed by atoms with Crippen LogP contribution in [-0.2, 0) is 13.6 Å². The van der Waals surface area contributed by atoms with Gasteiger partial charge in [0, 0.05) is 45.1 Å². The van der Waals surface area contributed by atoms with Crippen LogP contribution in [0.4, 0.5) is 0 Å². The van der Waals surface area contributed by atoms with E-state index in [1.165, 1.54) is 37.8 Å². The number of aliphatic imine (C=N–C) groups is 1. The van der Waals surface area contributed by atoms with Gasteiger partial charge in [-0.25, -0.2) is 0 Å². The maximum atomic E-state index is 4.48. The topological polar surface area (TPSA) is 35.8 Å². The number of nitrogens with one attached hydrogen (secondary N) is 1. The van der Waals surface area contributed by atoms with Crippen molar-refractivity contribution in [1.29, 1.82) is 0 Å². The van der Waals surface area contributed by atoms with Crippen LogP contribution >= 0.6 is 24.0 Å². The van der Waals surface area contributed by atoms with Crippen LogP contribution in [0.15, 0.2) is 23.3 Å². The largest absolute Gasteiger partial charge is 0.354 e. The number of hydrogen-bond acceptors (Lipinski definition) is 2. The zero-order chi connectivity index (χ0) is 16.9. The molecule has 0 bridgehead atoms. The minimum atomic E-state index is 0. The van der Waals surface area contributed by atoms with Gasteiger partial charge >= 0.3 is 0 Å². The highest BCUT2D eigenvalue weighted by Gasteiger charge is 2.34. The van der Waals surface area contributed by atoms with E-state index < -0.39 is 0 Å². The number of aromatic nitrogens is 1. The molecule has 138 valence electrons. The number of aryl methyl sites for hydroxylation is 1. The Morgan fingerprint density at radius 3 is 2.42 bits per heavy atom. The molecule has 1 N–H and O–H groups in total. The van der Waals surface area contributed by atoms with E-state index in [-0.39, 0.29) is 29.5 Å². The fraction of sp³-hybridized carbons (Fsp3) is 0.722. The molecular weight excluding hydrogens is 413 g/mol. The highest BCUT2D eigenvalue weighted by molar-refractivity contribution is 14.0. The van der Waals surface area contributed by atoms with E-state index in [0.717, 1.165) is 19.0 Å². The predicted molar refractivity (Wildman–Crippen MR) is 113 cm³/mol. The second-order valence-electron chi connectivity index (χ2n) is 7.05. The summed E-state index contributed by atoms with van der Waals surface area (Å²) in [6, 6.07) is 4.24. The highest BCUT2D eigenvalue weighted by Crippen LogP contribution is 2.31. The maximum Gasteiger partial charge on any atom is 0.193 e. The first-order valence-corrected chi connectivity index (χ1v) is 8.68. The number of guanidine groups is 1. The molecule has 1 heterocycles. The molecule has 1 aliphatic rings. The molecule has 1 aliphatic carbocycles. The standard InChI is InChI=1S/C18H33N5.HI/c1-19-17(23(5)14-16-10-9-13-22(16)4)20-15-18(21(2)3)11-7-6-8-12-18;/h9-10,13H,6-8,11-12,14-15H2,1-5H3,(H,19,20);1H. The van der Waals surface area contributed by atoms with E-state index in [4.69, 9.17) is 0 Å². The molecule has 0 saturated heterocycles. The molecule has 1 fully saturated rings. The van der Waals surface area contributed by atoms with Crippen molar-refractivity contribution < 1.29 is 0 Å². The quantitative estimate of drug-likeness (QED) is 0.429. The highest BCUT2D eigenvalue weighted by atomic mass is 127. The second kappa shape index (κ2) is 9.65. The molecule has 0 amide bonds.